The fourth-order valence-corrected chi connectivity index (χ4v) is 5.95. The van der Waals surface area contributed by atoms with Gasteiger partial charge >= 0.3 is 0 Å². The van der Waals surface area contributed by atoms with Gasteiger partial charge < -0.3 is 15.4 Å². The lowest BCUT2D eigenvalue weighted by atomic mass is 9.73. The van der Waals surface area contributed by atoms with E-state index in [1.807, 2.05) is 17.0 Å². The van der Waals surface area contributed by atoms with Gasteiger partial charge in [-0.05, 0) is 67.5 Å². The summed E-state index contributed by atoms with van der Waals surface area (Å²) in [5.41, 5.74) is 7.52. The third-order valence-corrected chi connectivity index (χ3v) is 7.96. The van der Waals surface area contributed by atoms with Crippen molar-refractivity contribution in [1.82, 2.24) is 4.90 Å². The molecule has 1 aromatic heterocycles. The molecule has 1 aromatic carbocycles. The maximum absolute atomic E-state index is 13.3. The number of likely N-dealkylation sites (tertiary alicyclic amines) is 1. The highest BCUT2D eigenvalue weighted by molar-refractivity contribution is 7.13. The minimum atomic E-state index is -0.703. The van der Waals surface area contributed by atoms with E-state index in [0.29, 0.717) is 19.5 Å². The van der Waals surface area contributed by atoms with Gasteiger partial charge in [-0.15, -0.1) is 11.3 Å². The number of benzene rings is 1. The first-order valence-electron chi connectivity index (χ1n) is 11.2. The molecule has 6 heteroatoms. The maximum atomic E-state index is 13.3. The molecule has 1 aliphatic carbocycles. The van der Waals surface area contributed by atoms with Crippen molar-refractivity contribution < 1.29 is 14.3 Å². The molecule has 0 spiro atoms. The summed E-state index contributed by atoms with van der Waals surface area (Å²) < 4.78 is 5.45. The Morgan fingerprint density at radius 3 is 2.68 bits per heavy atom. The summed E-state index contributed by atoms with van der Waals surface area (Å²) >= 11 is 1.70. The molecule has 2 fully saturated rings. The lowest BCUT2D eigenvalue weighted by molar-refractivity contribution is -0.144. The Bertz CT molecular complexity index is 905. The summed E-state index contributed by atoms with van der Waals surface area (Å²) in [5.74, 6) is -0.0703. The highest BCUT2D eigenvalue weighted by Gasteiger charge is 2.43. The molecule has 2 amide bonds. The number of carbonyl (C=O) groups is 2. The second-order valence-electron chi connectivity index (χ2n) is 9.07. The molecule has 5 nitrogen and oxygen atoms in total. The van der Waals surface area contributed by atoms with E-state index in [0.717, 1.165) is 49.7 Å². The topological polar surface area (TPSA) is 72.6 Å². The summed E-state index contributed by atoms with van der Waals surface area (Å²) in [5, 5.41) is 2.07. The molecule has 1 saturated heterocycles. The Morgan fingerprint density at radius 2 is 2.00 bits per heavy atom. The molecule has 31 heavy (non-hydrogen) atoms. The van der Waals surface area contributed by atoms with Crippen LogP contribution < -0.4 is 5.73 Å². The average molecular weight is 441 g/mol. The summed E-state index contributed by atoms with van der Waals surface area (Å²) in [4.78, 5) is 29.1. The van der Waals surface area contributed by atoms with E-state index in [4.69, 9.17) is 10.5 Å². The van der Waals surface area contributed by atoms with Crippen LogP contribution in [0.4, 0.5) is 0 Å². The van der Waals surface area contributed by atoms with Crippen LogP contribution in [0.2, 0.25) is 0 Å². The van der Waals surface area contributed by atoms with Crippen LogP contribution in [-0.2, 0) is 20.7 Å². The first-order chi connectivity index (χ1) is 15.0. The van der Waals surface area contributed by atoms with E-state index < -0.39 is 5.41 Å². The van der Waals surface area contributed by atoms with Crippen molar-refractivity contribution in [2.45, 2.75) is 51.0 Å². The second-order valence-corrected chi connectivity index (χ2v) is 10.0. The van der Waals surface area contributed by atoms with E-state index in [2.05, 4.69) is 29.6 Å². The molecular weight excluding hydrogens is 408 g/mol. The number of methoxy groups -OCH3 is 1. The number of nitrogens with zero attached hydrogens (tertiary/aromatic N) is 1. The van der Waals surface area contributed by atoms with E-state index in [-0.39, 0.29) is 23.8 Å². The monoisotopic (exact) mass is 440 g/mol. The highest BCUT2D eigenvalue weighted by Crippen LogP contribution is 2.37. The van der Waals surface area contributed by atoms with Gasteiger partial charge in [0.25, 0.3) is 0 Å². The van der Waals surface area contributed by atoms with Gasteiger partial charge in [-0.1, -0.05) is 30.3 Å². The van der Waals surface area contributed by atoms with Crippen molar-refractivity contribution in [3.63, 3.8) is 0 Å². The maximum Gasteiger partial charge on any atom is 0.225 e. The second kappa shape index (κ2) is 9.53. The van der Waals surface area contributed by atoms with Gasteiger partial charge in [-0.3, -0.25) is 9.59 Å². The summed E-state index contributed by atoms with van der Waals surface area (Å²) in [7, 11) is 1.74. The van der Waals surface area contributed by atoms with Crippen LogP contribution in [0, 0.1) is 11.3 Å². The van der Waals surface area contributed by atoms with E-state index in [1.165, 1.54) is 4.88 Å². The van der Waals surface area contributed by atoms with Crippen LogP contribution >= 0.6 is 11.3 Å². The normalized spacial score (nSPS) is 26.5. The van der Waals surface area contributed by atoms with Crippen molar-refractivity contribution in [3.05, 3.63) is 47.3 Å². The molecule has 0 unspecified atom stereocenters. The molecule has 2 N–H and O–H groups in total. The third kappa shape index (κ3) is 4.85. The molecule has 4 rings (SSSR count). The van der Waals surface area contributed by atoms with Crippen molar-refractivity contribution in [2.24, 2.45) is 17.1 Å². The van der Waals surface area contributed by atoms with E-state index >= 15 is 0 Å². The Morgan fingerprint density at radius 1 is 1.19 bits per heavy atom. The predicted molar refractivity (Wildman–Crippen MR) is 124 cm³/mol. The minimum absolute atomic E-state index is 0.0391. The lowest BCUT2D eigenvalue weighted by Gasteiger charge is -2.42. The number of thiophene rings is 1. The zero-order chi connectivity index (χ0) is 21.8. The van der Waals surface area contributed by atoms with Crippen LogP contribution in [0.1, 0.15) is 44.1 Å². The fourth-order valence-electron chi connectivity index (χ4n) is 5.22. The van der Waals surface area contributed by atoms with E-state index in [1.54, 1.807) is 18.4 Å². The van der Waals surface area contributed by atoms with Gasteiger partial charge in [-0.25, -0.2) is 0 Å². The van der Waals surface area contributed by atoms with Crippen molar-refractivity contribution in [3.8, 4) is 10.4 Å². The number of carbonyl (C=O) groups excluding carboxylic acids is 2. The fraction of sp³-hybridized carbons (Fsp3) is 0.520. The molecule has 1 atom stereocenters. The van der Waals surface area contributed by atoms with Crippen molar-refractivity contribution in [1.29, 1.82) is 0 Å². The van der Waals surface area contributed by atoms with Gasteiger partial charge in [0.2, 0.25) is 11.8 Å². The number of primary amides is 1. The standard InChI is InChI=1S/C25H32N2O3S/c1-30-21-10-8-19(9-11-21)23(28)27-13-4-12-25(17-27,24(26)29)16-18-5-2-6-20(15-18)22-7-3-14-31-22/h2-3,5-7,14-15,19,21H,4,8-13,16-17H2,1H3,(H2,26,29)/t19?,21?,25-/m0/s1. The average Bonchev–Trinajstić information content (AvgIpc) is 3.34. The van der Waals surface area contributed by atoms with Crippen LogP contribution in [-0.4, -0.2) is 43.0 Å². The number of rotatable bonds is 6. The number of nitrogens with two attached hydrogens (primary N) is 1. The van der Waals surface area contributed by atoms with Crippen LogP contribution in [0.25, 0.3) is 10.4 Å². The Hall–Kier alpha value is -2.18. The Kier molecular flexibility index (Phi) is 6.77. The largest absolute Gasteiger partial charge is 0.381 e. The van der Waals surface area contributed by atoms with Crippen molar-refractivity contribution in [2.75, 3.05) is 20.2 Å². The number of amides is 2. The number of hydrogen-bond acceptors (Lipinski definition) is 4. The zero-order valence-corrected chi connectivity index (χ0v) is 19.0. The minimum Gasteiger partial charge on any atom is -0.381 e. The first-order valence-corrected chi connectivity index (χ1v) is 12.1. The third-order valence-electron chi connectivity index (χ3n) is 7.04. The summed E-state index contributed by atoms with van der Waals surface area (Å²) in [6.07, 6.45) is 5.96. The molecule has 2 aromatic rings. The van der Waals surface area contributed by atoms with E-state index in [9.17, 15) is 9.59 Å². The van der Waals surface area contributed by atoms with Gasteiger partial charge in [-0.2, -0.15) is 0 Å². The quantitative estimate of drug-likeness (QED) is 0.730. The smallest absolute Gasteiger partial charge is 0.225 e. The first kappa shape index (κ1) is 22.0. The van der Waals surface area contributed by atoms with Gasteiger partial charge in [0.1, 0.15) is 0 Å². The Labute approximate surface area is 188 Å². The van der Waals surface area contributed by atoms with Gasteiger partial charge in [0.15, 0.2) is 0 Å². The molecule has 1 aliphatic heterocycles. The predicted octanol–water partition coefficient (Wildman–Crippen LogP) is 4.26. The number of piperidine rings is 1. The summed E-state index contributed by atoms with van der Waals surface area (Å²) in [6, 6.07) is 12.5. The number of hydrogen-bond donors (Lipinski definition) is 1. The SMILES string of the molecule is COC1CCC(C(=O)N2CCC[C@@](Cc3cccc(-c4cccs4)c3)(C(N)=O)C2)CC1. The molecular formula is C25H32N2O3S. The van der Waals surface area contributed by atoms with Gasteiger partial charge in [0, 0.05) is 31.0 Å². The molecule has 166 valence electrons. The van der Waals surface area contributed by atoms with Gasteiger partial charge in [0.05, 0.1) is 11.5 Å². The molecule has 2 aliphatic rings. The lowest BCUT2D eigenvalue weighted by Crippen LogP contribution is -2.54. The number of ether oxygens (including phenoxy) is 1. The molecule has 1 saturated carbocycles. The molecule has 0 radical (unpaired) electrons. The van der Waals surface area contributed by atoms with Crippen molar-refractivity contribution >= 4 is 23.2 Å². The molecule has 2 heterocycles. The summed E-state index contributed by atoms with van der Waals surface area (Å²) in [6.45, 7) is 1.14. The highest BCUT2D eigenvalue weighted by atomic mass is 32.1. The molecule has 0 bridgehead atoms. The van der Waals surface area contributed by atoms with Crippen LogP contribution in [0.5, 0.6) is 0 Å². The Balaban J connectivity index is 1.49. The zero-order valence-electron chi connectivity index (χ0n) is 18.2. The van der Waals surface area contributed by atoms with Crippen LogP contribution in [0.3, 0.4) is 0 Å². The van der Waals surface area contributed by atoms with Crippen LogP contribution in [0.15, 0.2) is 41.8 Å².